The predicted octanol–water partition coefficient (Wildman–Crippen LogP) is 3.78. The molecule has 1 saturated carbocycles. The van der Waals surface area contributed by atoms with Gasteiger partial charge in [-0.25, -0.2) is 4.98 Å². The molecule has 0 unspecified atom stereocenters. The minimum atomic E-state index is -0.453. The van der Waals surface area contributed by atoms with Gasteiger partial charge in [-0.3, -0.25) is 10.1 Å². The summed E-state index contributed by atoms with van der Waals surface area (Å²) in [5.74, 6) is 0.501. The normalized spacial score (nSPS) is 17.2. The molecule has 0 bridgehead atoms. The molecule has 98 valence electrons. The summed E-state index contributed by atoms with van der Waals surface area (Å²) in [5, 5.41) is 14.2. The lowest BCUT2D eigenvalue weighted by atomic mass is 10.1. The van der Waals surface area contributed by atoms with Crippen molar-refractivity contribution in [3.8, 4) is 0 Å². The first kappa shape index (κ1) is 13.1. The van der Waals surface area contributed by atoms with Gasteiger partial charge in [0.05, 0.1) is 17.1 Å². The fraction of sp³-hybridized carbons (Fsp3) is 0.583. The number of nitro groups is 1. The number of rotatable bonds is 3. The maximum atomic E-state index is 10.7. The zero-order valence-corrected chi connectivity index (χ0v) is 10.8. The maximum absolute atomic E-state index is 10.7. The van der Waals surface area contributed by atoms with Gasteiger partial charge in [0, 0.05) is 6.04 Å². The second-order valence-corrected chi connectivity index (χ2v) is 5.01. The molecule has 0 atom stereocenters. The number of anilines is 1. The fourth-order valence-corrected chi connectivity index (χ4v) is 2.50. The van der Waals surface area contributed by atoms with Crippen molar-refractivity contribution < 1.29 is 4.92 Å². The zero-order chi connectivity index (χ0) is 13.0. The second-order valence-electron chi connectivity index (χ2n) is 4.62. The first-order valence-corrected chi connectivity index (χ1v) is 6.61. The Balaban J connectivity index is 2.10. The van der Waals surface area contributed by atoms with E-state index in [2.05, 4.69) is 10.3 Å². The number of hydrogen-bond donors (Lipinski definition) is 1. The maximum Gasteiger partial charge on any atom is 0.276 e. The van der Waals surface area contributed by atoms with Gasteiger partial charge in [-0.15, -0.1) is 0 Å². The number of hydrogen-bond acceptors (Lipinski definition) is 4. The Morgan fingerprint density at radius 2 is 1.94 bits per heavy atom. The molecule has 1 aromatic heterocycles. The van der Waals surface area contributed by atoms with Crippen molar-refractivity contribution in [3.05, 3.63) is 27.4 Å². The largest absolute Gasteiger partial charge is 0.367 e. The molecular formula is C12H16ClN3O2. The summed E-state index contributed by atoms with van der Waals surface area (Å²) >= 11 is 5.79. The van der Waals surface area contributed by atoms with E-state index in [1.165, 1.54) is 37.8 Å². The van der Waals surface area contributed by atoms with Gasteiger partial charge in [-0.2, -0.15) is 0 Å². The number of nitrogens with one attached hydrogen (secondary N) is 1. The van der Waals surface area contributed by atoms with Crippen LogP contribution in [-0.4, -0.2) is 15.9 Å². The van der Waals surface area contributed by atoms with Crippen LogP contribution in [0.4, 0.5) is 11.5 Å². The SMILES string of the molecule is O=[N+]([O-])c1cc(Cl)nc(NC2CCCCCC2)c1. The summed E-state index contributed by atoms with van der Waals surface area (Å²) in [6, 6.07) is 3.05. The summed E-state index contributed by atoms with van der Waals surface area (Å²) in [5.41, 5.74) is -0.0221. The average molecular weight is 270 g/mol. The quantitative estimate of drug-likeness (QED) is 0.392. The molecule has 0 radical (unpaired) electrons. The van der Waals surface area contributed by atoms with E-state index >= 15 is 0 Å². The summed E-state index contributed by atoms with van der Waals surface area (Å²) in [6.45, 7) is 0. The van der Waals surface area contributed by atoms with Gasteiger partial charge >= 0.3 is 0 Å². The van der Waals surface area contributed by atoms with Crippen LogP contribution in [0, 0.1) is 10.1 Å². The minimum absolute atomic E-state index is 0.0221. The van der Waals surface area contributed by atoms with Gasteiger partial charge in [-0.1, -0.05) is 37.3 Å². The van der Waals surface area contributed by atoms with Crippen LogP contribution in [0.1, 0.15) is 38.5 Å². The lowest BCUT2D eigenvalue weighted by Gasteiger charge is -2.16. The Hall–Kier alpha value is -1.36. The van der Waals surface area contributed by atoms with Crippen LogP contribution in [0.25, 0.3) is 0 Å². The molecule has 5 nitrogen and oxygen atoms in total. The van der Waals surface area contributed by atoms with Crippen LogP contribution in [0.3, 0.4) is 0 Å². The van der Waals surface area contributed by atoms with Gasteiger partial charge in [-0.05, 0) is 12.8 Å². The van der Waals surface area contributed by atoms with Crippen molar-refractivity contribution in [1.82, 2.24) is 4.98 Å². The van der Waals surface area contributed by atoms with Crippen LogP contribution in [0.15, 0.2) is 12.1 Å². The Bertz CT molecular complexity index is 431. The Morgan fingerprint density at radius 1 is 1.28 bits per heavy atom. The molecule has 0 aromatic carbocycles. The monoisotopic (exact) mass is 269 g/mol. The van der Waals surface area contributed by atoms with Crippen LogP contribution in [0.2, 0.25) is 5.15 Å². The van der Waals surface area contributed by atoms with Crippen LogP contribution in [0.5, 0.6) is 0 Å². The molecule has 2 rings (SSSR count). The zero-order valence-electron chi connectivity index (χ0n) is 10.1. The summed E-state index contributed by atoms with van der Waals surface area (Å²) < 4.78 is 0. The van der Waals surface area contributed by atoms with Crippen molar-refractivity contribution in [2.24, 2.45) is 0 Å². The molecule has 0 saturated heterocycles. The number of halogens is 1. The van der Waals surface area contributed by atoms with Crippen LogP contribution < -0.4 is 5.32 Å². The molecule has 0 aliphatic heterocycles. The molecule has 18 heavy (non-hydrogen) atoms. The average Bonchev–Trinajstić information content (AvgIpc) is 2.57. The summed E-state index contributed by atoms with van der Waals surface area (Å²) in [6.07, 6.45) is 7.09. The van der Waals surface area contributed by atoms with Gasteiger partial charge in [0.2, 0.25) is 0 Å². The Kier molecular flexibility index (Phi) is 4.36. The lowest BCUT2D eigenvalue weighted by molar-refractivity contribution is -0.384. The van der Waals surface area contributed by atoms with E-state index in [-0.39, 0.29) is 10.8 Å². The van der Waals surface area contributed by atoms with Crippen molar-refractivity contribution in [1.29, 1.82) is 0 Å². The van der Waals surface area contributed by atoms with Gasteiger partial charge < -0.3 is 5.32 Å². The highest BCUT2D eigenvalue weighted by molar-refractivity contribution is 6.29. The summed E-state index contributed by atoms with van der Waals surface area (Å²) in [7, 11) is 0. The Labute approximate surface area is 111 Å². The number of nitrogens with zero attached hydrogens (tertiary/aromatic N) is 2. The van der Waals surface area contributed by atoms with Crippen LogP contribution in [-0.2, 0) is 0 Å². The molecule has 0 spiro atoms. The molecule has 1 aromatic rings. The predicted molar refractivity (Wildman–Crippen MR) is 71.0 cm³/mol. The highest BCUT2D eigenvalue weighted by Gasteiger charge is 2.15. The van der Waals surface area contributed by atoms with Crippen molar-refractivity contribution >= 4 is 23.1 Å². The fourth-order valence-electron chi connectivity index (χ4n) is 2.30. The molecule has 1 aliphatic carbocycles. The molecular weight excluding hydrogens is 254 g/mol. The smallest absolute Gasteiger partial charge is 0.276 e. The molecule has 1 heterocycles. The third kappa shape index (κ3) is 3.57. The first-order valence-electron chi connectivity index (χ1n) is 6.23. The van der Waals surface area contributed by atoms with Crippen LogP contribution >= 0.6 is 11.6 Å². The number of aromatic nitrogens is 1. The third-order valence-corrected chi connectivity index (χ3v) is 3.39. The van der Waals surface area contributed by atoms with E-state index in [1.54, 1.807) is 0 Å². The Morgan fingerprint density at radius 3 is 2.56 bits per heavy atom. The first-order chi connectivity index (χ1) is 8.65. The molecule has 1 N–H and O–H groups in total. The van der Waals surface area contributed by atoms with E-state index in [0.29, 0.717) is 11.9 Å². The van der Waals surface area contributed by atoms with E-state index in [4.69, 9.17) is 11.6 Å². The van der Waals surface area contributed by atoms with E-state index in [1.807, 2.05) is 0 Å². The van der Waals surface area contributed by atoms with Crippen molar-refractivity contribution in [2.45, 2.75) is 44.6 Å². The van der Waals surface area contributed by atoms with E-state index < -0.39 is 4.92 Å². The van der Waals surface area contributed by atoms with Gasteiger partial charge in [0.1, 0.15) is 11.0 Å². The minimum Gasteiger partial charge on any atom is -0.367 e. The molecule has 1 fully saturated rings. The van der Waals surface area contributed by atoms with Crippen molar-refractivity contribution in [2.75, 3.05) is 5.32 Å². The molecule has 6 heteroatoms. The van der Waals surface area contributed by atoms with Gasteiger partial charge in [0.25, 0.3) is 5.69 Å². The number of pyridine rings is 1. The molecule has 0 amide bonds. The standard InChI is InChI=1S/C12H16ClN3O2/c13-11-7-10(16(17)18)8-12(15-11)14-9-5-3-1-2-4-6-9/h7-9H,1-6H2,(H,14,15). The highest BCUT2D eigenvalue weighted by atomic mass is 35.5. The molecule has 1 aliphatic rings. The lowest BCUT2D eigenvalue weighted by Crippen LogP contribution is -2.19. The highest BCUT2D eigenvalue weighted by Crippen LogP contribution is 2.24. The topological polar surface area (TPSA) is 68.1 Å². The second kappa shape index (κ2) is 6.00. The van der Waals surface area contributed by atoms with E-state index in [9.17, 15) is 10.1 Å². The van der Waals surface area contributed by atoms with Crippen molar-refractivity contribution in [3.63, 3.8) is 0 Å². The third-order valence-electron chi connectivity index (χ3n) is 3.20. The van der Waals surface area contributed by atoms with E-state index in [0.717, 1.165) is 12.8 Å². The van der Waals surface area contributed by atoms with Gasteiger partial charge in [0.15, 0.2) is 0 Å². The summed E-state index contributed by atoms with van der Waals surface area (Å²) in [4.78, 5) is 14.4.